The molecule has 1 saturated carbocycles. The Morgan fingerprint density at radius 1 is 1.36 bits per heavy atom. The van der Waals surface area contributed by atoms with Crippen molar-refractivity contribution < 1.29 is 14.3 Å². The van der Waals surface area contributed by atoms with Crippen LogP contribution in [0.1, 0.15) is 38.5 Å². The molecule has 2 aliphatic rings. The maximum atomic E-state index is 12.5. The van der Waals surface area contributed by atoms with E-state index in [1.807, 2.05) is 4.90 Å². The minimum absolute atomic E-state index is 0.111. The lowest BCUT2D eigenvalue weighted by molar-refractivity contribution is -0.130. The third kappa shape index (κ3) is 4.92. The smallest absolute Gasteiger partial charge is 0.231 e. The van der Waals surface area contributed by atoms with Crippen LogP contribution in [0.15, 0.2) is 4.34 Å². The van der Waals surface area contributed by atoms with Crippen molar-refractivity contribution in [2.45, 2.75) is 48.9 Å². The van der Waals surface area contributed by atoms with Crippen molar-refractivity contribution >= 4 is 40.0 Å². The molecule has 1 atom stereocenters. The van der Waals surface area contributed by atoms with E-state index < -0.39 is 0 Å². The molecule has 9 heteroatoms. The van der Waals surface area contributed by atoms with E-state index in [1.54, 1.807) is 18.9 Å². The van der Waals surface area contributed by atoms with Crippen LogP contribution in [0.5, 0.6) is 0 Å². The molecular formula is C16H24N4O3S2. The van der Waals surface area contributed by atoms with Gasteiger partial charge in [-0.2, -0.15) is 0 Å². The van der Waals surface area contributed by atoms with Crippen LogP contribution in [0, 0.1) is 5.92 Å². The van der Waals surface area contributed by atoms with Crippen molar-refractivity contribution in [3.63, 3.8) is 0 Å². The second-order valence-electron chi connectivity index (χ2n) is 6.44. The Morgan fingerprint density at radius 3 is 2.92 bits per heavy atom. The first kappa shape index (κ1) is 18.6. The summed E-state index contributed by atoms with van der Waals surface area (Å²) in [4.78, 5) is 26.7. The van der Waals surface area contributed by atoms with Crippen LogP contribution < -0.4 is 5.32 Å². The molecule has 1 aliphatic carbocycles. The molecule has 1 aromatic heterocycles. The van der Waals surface area contributed by atoms with Gasteiger partial charge in [-0.25, -0.2) is 0 Å². The molecular weight excluding hydrogens is 360 g/mol. The number of methoxy groups -OCH3 is 1. The van der Waals surface area contributed by atoms with Gasteiger partial charge < -0.3 is 15.0 Å². The number of aromatic nitrogens is 2. The number of hydrogen-bond acceptors (Lipinski definition) is 7. The van der Waals surface area contributed by atoms with Gasteiger partial charge in [0.2, 0.25) is 16.9 Å². The largest absolute Gasteiger partial charge is 0.384 e. The van der Waals surface area contributed by atoms with Crippen molar-refractivity contribution in [3.8, 4) is 0 Å². The highest BCUT2D eigenvalue weighted by molar-refractivity contribution is 8.01. The quantitative estimate of drug-likeness (QED) is 0.441. The number of thioether (sulfide) groups is 1. The molecule has 0 bridgehead atoms. The fourth-order valence-corrected chi connectivity index (χ4v) is 5.12. The van der Waals surface area contributed by atoms with Crippen molar-refractivity contribution in [2.24, 2.45) is 5.92 Å². The van der Waals surface area contributed by atoms with Crippen molar-refractivity contribution in [1.82, 2.24) is 15.1 Å². The first-order valence-corrected chi connectivity index (χ1v) is 10.5. The topological polar surface area (TPSA) is 84.4 Å². The summed E-state index contributed by atoms with van der Waals surface area (Å²) < 4.78 is 5.81. The summed E-state index contributed by atoms with van der Waals surface area (Å²) in [5.41, 5.74) is 0. The zero-order valence-electron chi connectivity index (χ0n) is 14.4. The van der Waals surface area contributed by atoms with E-state index in [-0.39, 0.29) is 17.7 Å². The normalized spacial score (nSPS) is 21.7. The summed E-state index contributed by atoms with van der Waals surface area (Å²) in [5, 5.41) is 11.4. The molecule has 3 rings (SSSR count). The Kier molecular flexibility index (Phi) is 6.66. The second-order valence-corrected chi connectivity index (χ2v) is 8.76. The molecule has 138 valence electrons. The van der Waals surface area contributed by atoms with E-state index in [0.29, 0.717) is 30.7 Å². The summed E-state index contributed by atoms with van der Waals surface area (Å²) in [5.74, 6) is 0.492. The fourth-order valence-electron chi connectivity index (χ4n) is 3.39. The highest BCUT2D eigenvalue weighted by Crippen LogP contribution is 2.30. The average molecular weight is 385 g/mol. The molecule has 2 amide bonds. The lowest BCUT2D eigenvalue weighted by Gasteiger charge is -2.31. The van der Waals surface area contributed by atoms with Gasteiger partial charge in [0.15, 0.2) is 4.34 Å². The fraction of sp³-hybridized carbons (Fsp3) is 0.750. The van der Waals surface area contributed by atoms with Crippen LogP contribution >= 0.6 is 23.1 Å². The molecule has 0 spiro atoms. The van der Waals surface area contributed by atoms with Gasteiger partial charge in [-0.15, -0.1) is 10.2 Å². The van der Waals surface area contributed by atoms with Gasteiger partial charge in [-0.1, -0.05) is 42.4 Å². The van der Waals surface area contributed by atoms with Gasteiger partial charge in [0, 0.05) is 31.9 Å². The van der Waals surface area contributed by atoms with Gasteiger partial charge >= 0.3 is 0 Å². The van der Waals surface area contributed by atoms with Crippen LogP contribution in [0.4, 0.5) is 5.13 Å². The standard InChI is InChI=1S/C16H24N4O3S2/c1-23-7-8-24-16-19-18-15(25-16)17-14(22)11-9-13(21)20(10-11)12-5-3-2-4-6-12/h11-12H,2-10H2,1H3,(H,17,18,22)/t11-/m1/s1. The van der Waals surface area contributed by atoms with Gasteiger partial charge in [0.1, 0.15) is 0 Å². The Balaban J connectivity index is 1.50. The molecule has 7 nitrogen and oxygen atoms in total. The third-order valence-corrected chi connectivity index (χ3v) is 6.63. The van der Waals surface area contributed by atoms with Crippen LogP contribution in [0.2, 0.25) is 0 Å². The molecule has 1 aromatic rings. The predicted molar refractivity (Wildman–Crippen MR) is 97.8 cm³/mol. The van der Waals surface area contributed by atoms with Crippen LogP contribution in [0.25, 0.3) is 0 Å². The van der Waals surface area contributed by atoms with Crippen LogP contribution in [0.3, 0.4) is 0 Å². The Morgan fingerprint density at radius 2 is 2.16 bits per heavy atom. The maximum Gasteiger partial charge on any atom is 0.231 e. The van der Waals surface area contributed by atoms with E-state index in [2.05, 4.69) is 15.5 Å². The van der Waals surface area contributed by atoms with Crippen molar-refractivity contribution in [1.29, 1.82) is 0 Å². The van der Waals surface area contributed by atoms with E-state index in [0.717, 1.165) is 22.9 Å². The molecule has 1 aliphatic heterocycles. The molecule has 1 N–H and O–H groups in total. The van der Waals surface area contributed by atoms with E-state index in [4.69, 9.17) is 4.74 Å². The second kappa shape index (κ2) is 8.95. The number of anilines is 1. The molecule has 0 unspecified atom stereocenters. The minimum atomic E-state index is -0.289. The number of ether oxygens (including phenoxy) is 1. The summed E-state index contributed by atoms with van der Waals surface area (Å²) in [6.07, 6.45) is 6.05. The van der Waals surface area contributed by atoms with E-state index >= 15 is 0 Å². The molecule has 0 radical (unpaired) electrons. The Labute approximate surface area is 155 Å². The average Bonchev–Trinajstić information content (AvgIpc) is 3.22. The monoisotopic (exact) mass is 384 g/mol. The molecule has 25 heavy (non-hydrogen) atoms. The Hall–Kier alpha value is -1.19. The van der Waals surface area contributed by atoms with Crippen molar-refractivity contribution in [2.75, 3.05) is 31.3 Å². The molecule has 0 aromatic carbocycles. The number of carbonyl (C=O) groups is 2. The Bertz CT molecular complexity index is 604. The highest BCUT2D eigenvalue weighted by Gasteiger charge is 2.38. The van der Waals surface area contributed by atoms with Gasteiger partial charge in [-0.3, -0.25) is 9.59 Å². The SMILES string of the molecule is COCCSc1nnc(NC(=O)[C@@H]2CC(=O)N(C3CCCCC3)C2)s1. The summed E-state index contributed by atoms with van der Waals surface area (Å²) in [6, 6.07) is 0.323. The first-order valence-electron chi connectivity index (χ1n) is 8.73. The molecule has 2 heterocycles. The van der Waals surface area contributed by atoms with E-state index in [9.17, 15) is 9.59 Å². The first-order chi connectivity index (χ1) is 12.2. The number of amides is 2. The maximum absolute atomic E-state index is 12.5. The lowest BCUT2D eigenvalue weighted by Crippen LogP contribution is -2.38. The molecule has 1 saturated heterocycles. The number of nitrogens with one attached hydrogen (secondary N) is 1. The van der Waals surface area contributed by atoms with Crippen LogP contribution in [-0.2, 0) is 14.3 Å². The van der Waals surface area contributed by atoms with Gasteiger partial charge in [0.05, 0.1) is 12.5 Å². The number of hydrogen-bond donors (Lipinski definition) is 1. The van der Waals surface area contributed by atoms with Crippen LogP contribution in [-0.4, -0.2) is 59.0 Å². The number of rotatable bonds is 7. The highest BCUT2D eigenvalue weighted by atomic mass is 32.2. The summed E-state index contributed by atoms with van der Waals surface area (Å²) >= 11 is 2.91. The van der Waals surface area contributed by atoms with Crippen molar-refractivity contribution in [3.05, 3.63) is 0 Å². The van der Waals surface area contributed by atoms with Gasteiger partial charge in [0.25, 0.3) is 0 Å². The number of likely N-dealkylation sites (tertiary alicyclic amines) is 1. The zero-order chi connectivity index (χ0) is 17.6. The predicted octanol–water partition coefficient (Wildman–Crippen LogP) is 2.40. The zero-order valence-corrected chi connectivity index (χ0v) is 16.0. The van der Waals surface area contributed by atoms with Gasteiger partial charge in [-0.05, 0) is 12.8 Å². The molecule has 2 fully saturated rings. The third-order valence-electron chi connectivity index (χ3n) is 4.69. The minimum Gasteiger partial charge on any atom is -0.384 e. The number of carbonyl (C=O) groups excluding carboxylic acids is 2. The number of nitrogens with zero attached hydrogens (tertiary/aromatic N) is 3. The summed E-state index contributed by atoms with van der Waals surface area (Å²) in [6.45, 7) is 1.18. The lowest BCUT2D eigenvalue weighted by atomic mass is 9.94. The van der Waals surface area contributed by atoms with E-state index in [1.165, 1.54) is 30.6 Å². The summed E-state index contributed by atoms with van der Waals surface area (Å²) in [7, 11) is 1.66.